The van der Waals surface area contributed by atoms with E-state index in [0.717, 1.165) is 21.8 Å². The van der Waals surface area contributed by atoms with Gasteiger partial charge in [-0.3, -0.25) is 4.68 Å². The van der Waals surface area contributed by atoms with Crippen LogP contribution < -0.4 is 0 Å². The minimum atomic E-state index is -0.942. The van der Waals surface area contributed by atoms with Crippen LogP contribution in [0.25, 0.3) is 11.3 Å². The highest BCUT2D eigenvalue weighted by atomic mass is 35.5. The fraction of sp³-hybridized carbons (Fsp3) is 0.231. The van der Waals surface area contributed by atoms with Crippen molar-refractivity contribution in [2.45, 2.75) is 11.9 Å². The highest BCUT2D eigenvalue weighted by Crippen LogP contribution is 2.35. The molecule has 0 aliphatic rings. The first kappa shape index (κ1) is 14.0. The third-order valence-electron chi connectivity index (χ3n) is 2.89. The highest BCUT2D eigenvalue weighted by Gasteiger charge is 2.17. The number of carboxylic acid groups (broad SMARTS) is 1. The van der Waals surface area contributed by atoms with Crippen molar-refractivity contribution in [1.29, 1.82) is 0 Å². The number of aromatic nitrogens is 2. The van der Waals surface area contributed by atoms with Crippen molar-refractivity contribution < 1.29 is 9.90 Å². The van der Waals surface area contributed by atoms with Crippen molar-refractivity contribution in [1.82, 2.24) is 9.78 Å². The predicted octanol–water partition coefficient (Wildman–Crippen LogP) is 3.47. The summed E-state index contributed by atoms with van der Waals surface area (Å²) in [6.45, 7) is 1.77. The number of carboxylic acids is 1. The molecule has 0 amide bonds. The van der Waals surface area contributed by atoms with Crippen molar-refractivity contribution in [2.24, 2.45) is 7.05 Å². The molecule has 2 aromatic rings. The van der Waals surface area contributed by atoms with Crippen LogP contribution in [0.3, 0.4) is 0 Å². The Morgan fingerprint density at radius 3 is 2.68 bits per heavy atom. The molecule has 0 atom stereocenters. The summed E-state index contributed by atoms with van der Waals surface area (Å²) in [6, 6.07) is 5.26. The monoisotopic (exact) mass is 296 g/mol. The molecule has 0 bridgehead atoms. The third kappa shape index (κ3) is 2.48. The van der Waals surface area contributed by atoms with E-state index in [9.17, 15) is 4.79 Å². The van der Waals surface area contributed by atoms with Gasteiger partial charge in [-0.2, -0.15) is 5.10 Å². The van der Waals surface area contributed by atoms with Crippen molar-refractivity contribution in [2.75, 3.05) is 6.26 Å². The van der Waals surface area contributed by atoms with Crippen LogP contribution in [0, 0.1) is 6.92 Å². The maximum atomic E-state index is 11.2. The maximum Gasteiger partial charge on any atom is 0.335 e. The van der Waals surface area contributed by atoms with E-state index < -0.39 is 5.97 Å². The minimum absolute atomic E-state index is 0.278. The fourth-order valence-corrected chi connectivity index (χ4v) is 2.90. The first-order valence-electron chi connectivity index (χ1n) is 5.56. The molecule has 0 radical (unpaired) electrons. The van der Waals surface area contributed by atoms with Gasteiger partial charge in [0.1, 0.15) is 10.0 Å². The molecule has 0 spiro atoms. The van der Waals surface area contributed by atoms with E-state index in [2.05, 4.69) is 5.10 Å². The van der Waals surface area contributed by atoms with E-state index >= 15 is 0 Å². The van der Waals surface area contributed by atoms with Gasteiger partial charge in [0.25, 0.3) is 0 Å². The van der Waals surface area contributed by atoms with Gasteiger partial charge in [-0.05, 0) is 24.8 Å². The van der Waals surface area contributed by atoms with Gasteiger partial charge in [-0.25, -0.2) is 4.79 Å². The largest absolute Gasteiger partial charge is 0.478 e. The lowest BCUT2D eigenvalue weighted by Crippen LogP contribution is -2.01. The molecule has 1 aromatic heterocycles. The Kier molecular flexibility index (Phi) is 3.87. The summed E-state index contributed by atoms with van der Waals surface area (Å²) in [4.78, 5) is 11.2. The fourth-order valence-electron chi connectivity index (χ4n) is 1.92. The number of hydrogen-bond acceptors (Lipinski definition) is 3. The zero-order chi connectivity index (χ0) is 14.2. The van der Waals surface area contributed by atoms with Crippen LogP contribution in [0.5, 0.6) is 0 Å². The molecule has 4 nitrogen and oxygen atoms in total. The summed E-state index contributed by atoms with van der Waals surface area (Å²) >= 11 is 7.74. The maximum absolute atomic E-state index is 11.2. The number of rotatable bonds is 3. The molecule has 0 unspecified atom stereocenters. The molecular formula is C13H13ClN2O2S. The van der Waals surface area contributed by atoms with Crippen molar-refractivity contribution >= 4 is 29.3 Å². The van der Waals surface area contributed by atoms with E-state index in [4.69, 9.17) is 16.7 Å². The molecule has 100 valence electrons. The summed E-state index contributed by atoms with van der Waals surface area (Å²) in [5.74, 6) is -0.942. The lowest BCUT2D eigenvalue weighted by Gasteiger charge is -2.06. The van der Waals surface area contributed by atoms with Crippen LogP contribution in [-0.4, -0.2) is 27.1 Å². The highest BCUT2D eigenvalue weighted by molar-refractivity contribution is 7.98. The molecule has 0 fully saturated rings. The van der Waals surface area contributed by atoms with Crippen molar-refractivity contribution in [3.05, 3.63) is 34.3 Å². The molecular weight excluding hydrogens is 284 g/mol. The van der Waals surface area contributed by atoms with Gasteiger partial charge in [0.05, 0.1) is 11.3 Å². The SMILES string of the molecule is CSc1nn(C)c(-c2ccc(C)c(C(=O)O)c2)c1Cl. The van der Waals surface area contributed by atoms with E-state index in [1.807, 2.05) is 12.3 Å². The van der Waals surface area contributed by atoms with Crippen molar-refractivity contribution in [3.63, 3.8) is 0 Å². The Morgan fingerprint density at radius 2 is 2.16 bits per heavy atom. The Labute approximate surface area is 120 Å². The van der Waals surface area contributed by atoms with Gasteiger partial charge < -0.3 is 5.11 Å². The summed E-state index contributed by atoms with van der Waals surface area (Å²) in [5, 5.41) is 14.8. The zero-order valence-electron chi connectivity index (χ0n) is 10.8. The van der Waals surface area contributed by atoms with Crippen LogP contribution in [0.1, 0.15) is 15.9 Å². The number of aryl methyl sites for hydroxylation is 2. The van der Waals surface area contributed by atoms with Crippen LogP contribution in [0.15, 0.2) is 23.2 Å². The van der Waals surface area contributed by atoms with E-state index in [-0.39, 0.29) is 5.56 Å². The third-order valence-corrected chi connectivity index (χ3v) is 4.04. The molecule has 0 saturated carbocycles. The molecule has 1 N–H and O–H groups in total. The van der Waals surface area contributed by atoms with E-state index in [1.165, 1.54) is 11.8 Å². The lowest BCUT2D eigenvalue weighted by molar-refractivity contribution is 0.0696. The first-order valence-corrected chi connectivity index (χ1v) is 7.16. The quantitative estimate of drug-likeness (QED) is 0.881. The Morgan fingerprint density at radius 1 is 1.47 bits per heavy atom. The lowest BCUT2D eigenvalue weighted by atomic mass is 10.0. The summed E-state index contributed by atoms with van der Waals surface area (Å²) in [7, 11) is 1.79. The van der Waals surface area contributed by atoms with Crippen molar-refractivity contribution in [3.8, 4) is 11.3 Å². The number of halogens is 1. The van der Waals surface area contributed by atoms with Gasteiger partial charge in [0, 0.05) is 12.6 Å². The van der Waals surface area contributed by atoms with E-state index in [1.54, 1.807) is 30.8 Å². The molecule has 0 aliphatic carbocycles. The Balaban J connectivity index is 2.63. The normalized spacial score (nSPS) is 10.7. The molecule has 2 rings (SSSR count). The predicted molar refractivity (Wildman–Crippen MR) is 77.1 cm³/mol. The second kappa shape index (κ2) is 5.27. The Hall–Kier alpha value is -1.46. The number of benzene rings is 1. The molecule has 1 aromatic carbocycles. The number of nitrogens with zero attached hydrogens (tertiary/aromatic N) is 2. The summed E-state index contributed by atoms with van der Waals surface area (Å²) in [5.41, 5.74) is 2.48. The smallest absolute Gasteiger partial charge is 0.335 e. The van der Waals surface area contributed by atoms with Crippen LogP contribution in [0.2, 0.25) is 5.02 Å². The zero-order valence-corrected chi connectivity index (χ0v) is 12.3. The van der Waals surface area contributed by atoms with Gasteiger partial charge in [0.2, 0.25) is 0 Å². The second-order valence-electron chi connectivity index (χ2n) is 4.13. The van der Waals surface area contributed by atoms with Gasteiger partial charge >= 0.3 is 5.97 Å². The average Bonchev–Trinajstić information content (AvgIpc) is 2.65. The molecule has 19 heavy (non-hydrogen) atoms. The average molecular weight is 297 g/mol. The first-order chi connectivity index (χ1) is 8.95. The molecule has 0 saturated heterocycles. The number of carbonyl (C=O) groups is 1. The van der Waals surface area contributed by atoms with E-state index in [0.29, 0.717) is 5.02 Å². The topological polar surface area (TPSA) is 55.1 Å². The van der Waals surface area contributed by atoms with Gasteiger partial charge in [-0.15, -0.1) is 11.8 Å². The van der Waals surface area contributed by atoms with Gasteiger partial charge in [0.15, 0.2) is 0 Å². The Bertz CT molecular complexity index is 652. The summed E-state index contributed by atoms with van der Waals surface area (Å²) in [6.07, 6.45) is 1.90. The van der Waals surface area contributed by atoms with Gasteiger partial charge in [-0.1, -0.05) is 23.7 Å². The standard InChI is InChI=1S/C13H13ClN2O2S/c1-7-4-5-8(6-9(7)13(17)18)11-10(14)12(19-3)15-16(11)2/h4-6H,1-3H3,(H,17,18). The molecule has 1 heterocycles. The van der Waals surface area contributed by atoms with Crippen LogP contribution in [0.4, 0.5) is 0 Å². The number of aromatic carboxylic acids is 1. The second-order valence-corrected chi connectivity index (χ2v) is 5.30. The molecule has 0 aliphatic heterocycles. The van der Waals surface area contributed by atoms with Crippen LogP contribution >= 0.6 is 23.4 Å². The number of thioether (sulfide) groups is 1. The van der Waals surface area contributed by atoms with Crippen LogP contribution in [-0.2, 0) is 7.05 Å². The number of hydrogen-bond donors (Lipinski definition) is 1. The molecule has 6 heteroatoms. The summed E-state index contributed by atoms with van der Waals surface area (Å²) < 4.78 is 1.67. The minimum Gasteiger partial charge on any atom is -0.478 e.